The van der Waals surface area contributed by atoms with Crippen LogP contribution in [-0.2, 0) is 16.0 Å². The number of Topliss-reactive ketones (excluding diaryl/α,β-unsaturated/α-hetero) is 2. The molecule has 4 rings (SSSR count). The van der Waals surface area contributed by atoms with Gasteiger partial charge in [-0.25, -0.2) is 0 Å². The van der Waals surface area contributed by atoms with Crippen LogP contribution in [0.15, 0.2) is 66.2 Å². The molecule has 2 nitrogen and oxygen atoms in total. The average Bonchev–Trinajstić information content (AvgIpc) is 3.06. The molecule has 0 saturated heterocycles. The minimum absolute atomic E-state index is 0.166. The lowest BCUT2D eigenvalue weighted by Gasteiger charge is -2.40. The number of ketones is 2. The molecular weight excluding hydrogens is 332 g/mol. The van der Waals surface area contributed by atoms with Crippen molar-refractivity contribution in [3.8, 4) is 0 Å². The monoisotopic (exact) mass is 358 g/mol. The number of carbonyl (C=O) groups is 2. The van der Waals surface area contributed by atoms with Crippen molar-refractivity contribution >= 4 is 17.6 Å². The lowest BCUT2D eigenvalue weighted by molar-refractivity contribution is -0.140. The molecule has 0 heterocycles. The highest BCUT2D eigenvalue weighted by Gasteiger charge is 2.51. The Bertz CT molecular complexity index is 850. The molecule has 2 aromatic rings. The van der Waals surface area contributed by atoms with Crippen LogP contribution in [-0.4, -0.2) is 11.6 Å². The molecule has 2 saturated carbocycles. The first-order valence-corrected chi connectivity index (χ1v) is 10.1. The van der Waals surface area contributed by atoms with E-state index in [4.69, 9.17) is 0 Å². The van der Waals surface area contributed by atoms with E-state index in [1.165, 1.54) is 5.56 Å². The van der Waals surface area contributed by atoms with Gasteiger partial charge in [0.1, 0.15) is 5.78 Å². The third kappa shape index (κ3) is 3.53. The second-order valence-electron chi connectivity index (χ2n) is 7.98. The fourth-order valence-corrected chi connectivity index (χ4v) is 4.95. The van der Waals surface area contributed by atoms with Gasteiger partial charge in [-0.2, -0.15) is 0 Å². The number of carbonyl (C=O) groups excluding carboxylic acids is 2. The molecular formula is C25H26O2. The molecule has 2 aromatic carbocycles. The second-order valence-corrected chi connectivity index (χ2v) is 7.98. The summed E-state index contributed by atoms with van der Waals surface area (Å²) >= 11 is 0. The maximum atomic E-state index is 13.3. The minimum Gasteiger partial charge on any atom is -0.299 e. The van der Waals surface area contributed by atoms with Crippen molar-refractivity contribution < 1.29 is 9.59 Å². The Morgan fingerprint density at radius 2 is 1.59 bits per heavy atom. The van der Waals surface area contributed by atoms with Crippen LogP contribution in [0.4, 0.5) is 0 Å². The van der Waals surface area contributed by atoms with E-state index in [2.05, 4.69) is 12.1 Å². The van der Waals surface area contributed by atoms with E-state index in [9.17, 15) is 9.59 Å². The molecule has 2 atom stereocenters. The Morgan fingerprint density at radius 3 is 2.30 bits per heavy atom. The Morgan fingerprint density at radius 1 is 0.889 bits per heavy atom. The second kappa shape index (κ2) is 7.64. The summed E-state index contributed by atoms with van der Waals surface area (Å²) in [5.74, 6) is 0.336. The highest BCUT2D eigenvalue weighted by molar-refractivity contribution is 6.06. The molecule has 0 amide bonds. The van der Waals surface area contributed by atoms with Gasteiger partial charge in [0, 0.05) is 17.8 Å². The summed E-state index contributed by atoms with van der Waals surface area (Å²) in [7, 11) is 0. The minimum atomic E-state index is -0.511. The first-order valence-electron chi connectivity index (χ1n) is 10.1. The fraction of sp³-hybridized carbons (Fsp3) is 0.360. The van der Waals surface area contributed by atoms with Gasteiger partial charge < -0.3 is 0 Å². The van der Waals surface area contributed by atoms with Gasteiger partial charge in [0.15, 0.2) is 5.78 Å². The van der Waals surface area contributed by atoms with E-state index in [0.29, 0.717) is 18.6 Å². The molecule has 27 heavy (non-hydrogen) atoms. The SMILES string of the molecule is O=C1C(=Cc2ccccc2)CCC1C1(Cc2ccccc2)CCCCC1=O. The summed E-state index contributed by atoms with van der Waals surface area (Å²) in [6.07, 6.45) is 7.76. The smallest absolute Gasteiger partial charge is 0.162 e. The van der Waals surface area contributed by atoms with E-state index in [0.717, 1.165) is 43.2 Å². The van der Waals surface area contributed by atoms with Gasteiger partial charge in [0.05, 0.1) is 0 Å². The molecule has 0 N–H and O–H groups in total. The van der Waals surface area contributed by atoms with Crippen molar-refractivity contribution in [1.82, 2.24) is 0 Å². The van der Waals surface area contributed by atoms with Crippen LogP contribution in [0.1, 0.15) is 49.7 Å². The van der Waals surface area contributed by atoms with Crippen LogP contribution < -0.4 is 0 Å². The Labute approximate surface area is 161 Å². The standard InChI is InChI=1S/C25H26O2/c26-23-13-7-8-16-25(23,18-20-11-5-2-6-12-20)22-15-14-21(24(22)27)17-19-9-3-1-4-10-19/h1-6,9-12,17,22H,7-8,13-16,18H2. The summed E-state index contributed by atoms with van der Waals surface area (Å²) in [5.41, 5.74) is 2.61. The molecule has 0 radical (unpaired) electrons. The molecule has 2 unspecified atom stereocenters. The van der Waals surface area contributed by atoms with Gasteiger partial charge in [0.2, 0.25) is 0 Å². The van der Waals surface area contributed by atoms with Gasteiger partial charge in [-0.3, -0.25) is 9.59 Å². The Hall–Kier alpha value is -2.48. The van der Waals surface area contributed by atoms with E-state index in [1.807, 2.05) is 54.6 Å². The quantitative estimate of drug-likeness (QED) is 0.684. The van der Waals surface area contributed by atoms with E-state index in [-0.39, 0.29) is 11.7 Å². The Kier molecular flexibility index (Phi) is 5.07. The Balaban J connectivity index is 1.66. The molecule has 2 fully saturated rings. The molecule has 0 aromatic heterocycles. The van der Waals surface area contributed by atoms with Gasteiger partial charge in [-0.05, 0) is 54.9 Å². The van der Waals surface area contributed by atoms with Gasteiger partial charge in [-0.15, -0.1) is 0 Å². The topological polar surface area (TPSA) is 34.1 Å². The van der Waals surface area contributed by atoms with Gasteiger partial charge >= 0.3 is 0 Å². The summed E-state index contributed by atoms with van der Waals surface area (Å²) in [6, 6.07) is 20.2. The maximum absolute atomic E-state index is 13.3. The van der Waals surface area contributed by atoms with Crippen molar-refractivity contribution in [3.63, 3.8) is 0 Å². The normalized spacial score (nSPS) is 27.3. The summed E-state index contributed by atoms with van der Waals surface area (Å²) in [5, 5.41) is 0. The van der Waals surface area contributed by atoms with Crippen LogP contribution in [0, 0.1) is 11.3 Å². The van der Waals surface area contributed by atoms with Crippen LogP contribution in [0.3, 0.4) is 0 Å². The predicted octanol–water partition coefficient (Wildman–Crippen LogP) is 5.42. The van der Waals surface area contributed by atoms with Crippen molar-refractivity contribution in [2.24, 2.45) is 11.3 Å². The largest absolute Gasteiger partial charge is 0.299 e. The highest BCUT2D eigenvalue weighted by atomic mass is 16.1. The van der Waals surface area contributed by atoms with Crippen molar-refractivity contribution in [1.29, 1.82) is 0 Å². The molecule has 2 aliphatic carbocycles. The van der Waals surface area contributed by atoms with E-state index >= 15 is 0 Å². The summed E-state index contributed by atoms with van der Waals surface area (Å²) < 4.78 is 0. The molecule has 2 aliphatic rings. The molecule has 138 valence electrons. The van der Waals surface area contributed by atoms with E-state index in [1.54, 1.807) is 0 Å². The maximum Gasteiger partial charge on any atom is 0.162 e. The third-order valence-electron chi connectivity index (χ3n) is 6.34. The summed E-state index contributed by atoms with van der Waals surface area (Å²) in [6.45, 7) is 0. The zero-order valence-corrected chi connectivity index (χ0v) is 15.7. The van der Waals surface area contributed by atoms with Gasteiger partial charge in [-0.1, -0.05) is 67.1 Å². The number of benzene rings is 2. The molecule has 0 spiro atoms. The van der Waals surface area contributed by atoms with Crippen LogP contribution in [0.5, 0.6) is 0 Å². The molecule has 2 heteroatoms. The van der Waals surface area contributed by atoms with Crippen LogP contribution >= 0.6 is 0 Å². The molecule has 0 aliphatic heterocycles. The van der Waals surface area contributed by atoms with Gasteiger partial charge in [0.25, 0.3) is 0 Å². The highest BCUT2D eigenvalue weighted by Crippen LogP contribution is 2.49. The zero-order valence-electron chi connectivity index (χ0n) is 15.7. The van der Waals surface area contributed by atoms with Crippen molar-refractivity contribution in [2.75, 3.05) is 0 Å². The van der Waals surface area contributed by atoms with Crippen LogP contribution in [0.25, 0.3) is 6.08 Å². The lowest BCUT2D eigenvalue weighted by atomic mass is 9.61. The average molecular weight is 358 g/mol. The predicted molar refractivity (Wildman–Crippen MR) is 108 cm³/mol. The number of hydrogen-bond donors (Lipinski definition) is 0. The number of hydrogen-bond acceptors (Lipinski definition) is 2. The number of allylic oxidation sites excluding steroid dienone is 1. The van der Waals surface area contributed by atoms with Crippen LogP contribution in [0.2, 0.25) is 0 Å². The van der Waals surface area contributed by atoms with Crippen molar-refractivity contribution in [3.05, 3.63) is 77.4 Å². The van der Waals surface area contributed by atoms with Crippen molar-refractivity contribution in [2.45, 2.75) is 44.9 Å². The summed E-state index contributed by atoms with van der Waals surface area (Å²) in [4.78, 5) is 26.5. The first-order chi connectivity index (χ1) is 13.2. The molecule has 0 bridgehead atoms. The number of rotatable bonds is 4. The van der Waals surface area contributed by atoms with E-state index < -0.39 is 5.41 Å². The fourth-order valence-electron chi connectivity index (χ4n) is 4.95. The lowest BCUT2D eigenvalue weighted by Crippen LogP contribution is -2.44. The first kappa shape index (κ1) is 17.9. The zero-order chi connectivity index (χ0) is 18.7. The third-order valence-corrected chi connectivity index (χ3v) is 6.34.